The van der Waals surface area contributed by atoms with Crippen LogP contribution < -0.4 is 15.0 Å². The molecule has 0 aliphatic carbocycles. The first-order valence-corrected chi connectivity index (χ1v) is 11.1. The van der Waals surface area contributed by atoms with Gasteiger partial charge >= 0.3 is 0 Å². The van der Waals surface area contributed by atoms with Gasteiger partial charge in [0, 0.05) is 23.3 Å². The van der Waals surface area contributed by atoms with Gasteiger partial charge in [0.15, 0.2) is 4.96 Å². The molecule has 0 aliphatic heterocycles. The fourth-order valence-electron chi connectivity index (χ4n) is 2.67. The largest absolute Gasteiger partial charge is 0.487 e. The third-order valence-corrected chi connectivity index (χ3v) is 6.33. The number of nitrogens with zero attached hydrogens (tertiary/aromatic N) is 2. The zero-order chi connectivity index (χ0) is 20.4. The van der Waals surface area contributed by atoms with E-state index in [0.29, 0.717) is 22.1 Å². The fourth-order valence-corrected chi connectivity index (χ4v) is 4.47. The Morgan fingerprint density at radius 3 is 2.55 bits per heavy atom. The molecule has 29 heavy (non-hydrogen) atoms. The van der Waals surface area contributed by atoms with Crippen molar-refractivity contribution in [3.8, 4) is 5.75 Å². The smallest absolute Gasteiger partial charge is 0.261 e. The van der Waals surface area contributed by atoms with E-state index in [-0.39, 0.29) is 17.1 Å². The number of aromatic nitrogens is 2. The van der Waals surface area contributed by atoms with E-state index in [1.807, 2.05) is 6.92 Å². The summed E-state index contributed by atoms with van der Waals surface area (Å²) in [5.41, 5.74) is 1.78. The van der Waals surface area contributed by atoms with Crippen molar-refractivity contribution < 1.29 is 13.2 Å². The highest BCUT2D eigenvalue weighted by molar-refractivity contribution is 7.92. The Balaban J connectivity index is 1.43. The van der Waals surface area contributed by atoms with Crippen LogP contribution in [0.25, 0.3) is 4.96 Å². The summed E-state index contributed by atoms with van der Waals surface area (Å²) >= 11 is 1.37. The predicted molar refractivity (Wildman–Crippen MR) is 112 cm³/mol. The van der Waals surface area contributed by atoms with Crippen LogP contribution in [-0.4, -0.2) is 17.8 Å². The van der Waals surface area contributed by atoms with Crippen molar-refractivity contribution in [1.29, 1.82) is 0 Å². The molecule has 0 unspecified atom stereocenters. The van der Waals surface area contributed by atoms with Gasteiger partial charge in [0.1, 0.15) is 12.4 Å². The number of nitrogens with one attached hydrogen (secondary N) is 1. The van der Waals surface area contributed by atoms with Crippen molar-refractivity contribution in [1.82, 2.24) is 9.38 Å². The average molecular weight is 428 g/mol. The van der Waals surface area contributed by atoms with Crippen LogP contribution in [0.1, 0.15) is 11.3 Å². The Labute approximate surface area is 171 Å². The normalized spacial score (nSPS) is 11.5. The van der Waals surface area contributed by atoms with Gasteiger partial charge in [-0.3, -0.25) is 13.9 Å². The van der Waals surface area contributed by atoms with Crippen LogP contribution >= 0.6 is 11.3 Å². The molecule has 148 valence electrons. The molecular formula is C20H17N3O4S2. The Morgan fingerprint density at radius 1 is 1.10 bits per heavy atom. The summed E-state index contributed by atoms with van der Waals surface area (Å²) in [5, 5.41) is 1.80. The summed E-state index contributed by atoms with van der Waals surface area (Å²) in [5.74, 6) is 0.538. The average Bonchev–Trinajstić information content (AvgIpc) is 3.17. The zero-order valence-corrected chi connectivity index (χ0v) is 17.0. The molecule has 7 nitrogen and oxygen atoms in total. The molecule has 2 aromatic heterocycles. The second-order valence-corrected chi connectivity index (χ2v) is 8.93. The molecule has 4 rings (SSSR count). The summed E-state index contributed by atoms with van der Waals surface area (Å²) in [6, 6.07) is 14.6. The van der Waals surface area contributed by atoms with Crippen molar-refractivity contribution in [3.05, 3.63) is 87.8 Å². The van der Waals surface area contributed by atoms with Crippen LogP contribution in [0.4, 0.5) is 5.69 Å². The highest BCUT2D eigenvalue weighted by Crippen LogP contribution is 2.20. The van der Waals surface area contributed by atoms with Gasteiger partial charge in [-0.25, -0.2) is 13.4 Å². The lowest BCUT2D eigenvalue weighted by Gasteiger charge is -2.10. The minimum Gasteiger partial charge on any atom is -0.487 e. The maximum Gasteiger partial charge on any atom is 0.261 e. The van der Waals surface area contributed by atoms with E-state index >= 15 is 0 Å². The van der Waals surface area contributed by atoms with E-state index in [1.54, 1.807) is 60.1 Å². The first-order valence-electron chi connectivity index (χ1n) is 8.69. The zero-order valence-electron chi connectivity index (χ0n) is 15.4. The summed E-state index contributed by atoms with van der Waals surface area (Å²) in [4.78, 5) is 17.2. The van der Waals surface area contributed by atoms with Crippen LogP contribution in [0.5, 0.6) is 5.75 Å². The lowest BCUT2D eigenvalue weighted by molar-refractivity contribution is 0.301. The van der Waals surface area contributed by atoms with Crippen LogP contribution in [0.15, 0.2) is 75.9 Å². The Morgan fingerprint density at radius 2 is 1.83 bits per heavy atom. The molecule has 0 amide bonds. The van der Waals surface area contributed by atoms with Crippen molar-refractivity contribution in [2.45, 2.75) is 18.4 Å². The number of hydrogen-bond acceptors (Lipinski definition) is 6. The van der Waals surface area contributed by atoms with Crippen molar-refractivity contribution >= 4 is 32.0 Å². The fraction of sp³-hybridized carbons (Fsp3) is 0.100. The number of fused-ring (bicyclic) bond motifs is 1. The van der Waals surface area contributed by atoms with Gasteiger partial charge in [0.05, 0.1) is 10.6 Å². The molecule has 0 saturated carbocycles. The number of aryl methyl sites for hydroxylation is 1. The maximum absolute atomic E-state index is 12.4. The third kappa shape index (κ3) is 4.30. The Hall–Kier alpha value is -3.17. The van der Waals surface area contributed by atoms with E-state index < -0.39 is 10.0 Å². The minimum atomic E-state index is -3.65. The van der Waals surface area contributed by atoms with Gasteiger partial charge in [-0.2, -0.15) is 0 Å². The summed E-state index contributed by atoms with van der Waals surface area (Å²) in [7, 11) is -3.65. The number of sulfonamides is 1. The predicted octanol–water partition coefficient (Wildman–Crippen LogP) is 3.44. The van der Waals surface area contributed by atoms with Gasteiger partial charge in [-0.1, -0.05) is 17.7 Å². The van der Waals surface area contributed by atoms with Crippen LogP contribution in [0, 0.1) is 6.92 Å². The molecule has 2 heterocycles. The molecule has 9 heteroatoms. The van der Waals surface area contributed by atoms with Crippen molar-refractivity contribution in [3.63, 3.8) is 0 Å². The first-order chi connectivity index (χ1) is 13.9. The summed E-state index contributed by atoms with van der Waals surface area (Å²) in [6.45, 7) is 2.03. The lowest BCUT2D eigenvalue weighted by Crippen LogP contribution is -2.14. The lowest BCUT2D eigenvalue weighted by atomic mass is 10.2. The second-order valence-electron chi connectivity index (χ2n) is 6.37. The van der Waals surface area contributed by atoms with Gasteiger partial charge < -0.3 is 4.74 Å². The van der Waals surface area contributed by atoms with Gasteiger partial charge in [-0.05, 0) is 43.3 Å². The van der Waals surface area contributed by atoms with Gasteiger partial charge in [0.2, 0.25) is 0 Å². The van der Waals surface area contributed by atoms with Crippen LogP contribution in [-0.2, 0) is 16.6 Å². The van der Waals surface area contributed by atoms with Gasteiger partial charge in [-0.15, -0.1) is 11.3 Å². The molecule has 0 atom stereocenters. The molecule has 0 saturated heterocycles. The number of hydrogen-bond donors (Lipinski definition) is 1. The number of ether oxygens (including phenoxy) is 1. The van der Waals surface area contributed by atoms with Crippen molar-refractivity contribution in [2.24, 2.45) is 0 Å². The number of rotatable bonds is 6. The number of anilines is 1. The van der Waals surface area contributed by atoms with Gasteiger partial charge in [0.25, 0.3) is 15.6 Å². The number of benzene rings is 2. The maximum atomic E-state index is 12.4. The Bertz CT molecular complexity index is 1310. The molecule has 2 aromatic carbocycles. The number of thiazole rings is 1. The van der Waals surface area contributed by atoms with E-state index in [2.05, 4.69) is 9.71 Å². The molecule has 0 aliphatic rings. The summed E-state index contributed by atoms with van der Waals surface area (Å²) < 4.78 is 34.6. The molecule has 0 radical (unpaired) electrons. The first kappa shape index (κ1) is 19.2. The summed E-state index contributed by atoms with van der Waals surface area (Å²) in [6.07, 6.45) is 1.68. The topological polar surface area (TPSA) is 89.8 Å². The minimum absolute atomic E-state index is 0.137. The molecule has 0 fully saturated rings. The third-order valence-electron chi connectivity index (χ3n) is 4.18. The Kier molecular flexibility index (Phi) is 5.08. The van der Waals surface area contributed by atoms with Crippen LogP contribution in [0.3, 0.4) is 0 Å². The van der Waals surface area contributed by atoms with E-state index in [4.69, 9.17) is 4.74 Å². The monoisotopic (exact) mass is 427 g/mol. The molecule has 0 spiro atoms. The quantitative estimate of drug-likeness (QED) is 0.509. The second kappa shape index (κ2) is 7.69. The van der Waals surface area contributed by atoms with E-state index in [9.17, 15) is 13.2 Å². The molecule has 4 aromatic rings. The van der Waals surface area contributed by atoms with Crippen molar-refractivity contribution in [2.75, 3.05) is 4.72 Å². The highest BCUT2D eigenvalue weighted by atomic mass is 32.2. The van der Waals surface area contributed by atoms with Crippen LogP contribution in [0.2, 0.25) is 0 Å². The SMILES string of the molecule is Cc1ccc(S(=O)(=O)Nc2ccc(OCc3cc(=O)n4ccsc4n3)cc2)cc1. The molecular weight excluding hydrogens is 410 g/mol. The standard InChI is InChI=1S/C20H17N3O4S2/c1-14-2-8-18(9-3-14)29(25,26)22-15-4-6-17(7-5-15)27-13-16-12-19(24)23-10-11-28-20(23)21-16/h2-12,22H,13H2,1H3. The molecule has 0 bridgehead atoms. The van der Waals surface area contributed by atoms with E-state index in [0.717, 1.165) is 5.56 Å². The molecule has 1 N–H and O–H groups in total. The van der Waals surface area contributed by atoms with E-state index in [1.165, 1.54) is 21.8 Å². The highest BCUT2D eigenvalue weighted by Gasteiger charge is 2.13.